The number of hydrogen-bond acceptors (Lipinski definition) is 2. The Morgan fingerprint density at radius 2 is 1.80 bits per heavy atom. The van der Waals surface area contributed by atoms with E-state index < -0.39 is 0 Å². The average Bonchev–Trinajstić information content (AvgIpc) is 2.67. The van der Waals surface area contributed by atoms with Crippen molar-refractivity contribution in [1.82, 2.24) is 0 Å². The van der Waals surface area contributed by atoms with Crippen molar-refractivity contribution in [3.05, 3.63) is 42.2 Å². The molecule has 15 heavy (non-hydrogen) atoms. The Morgan fingerprint density at radius 3 is 2.27 bits per heavy atom. The van der Waals surface area contributed by atoms with E-state index in [4.69, 9.17) is 11.6 Å². The van der Waals surface area contributed by atoms with Gasteiger partial charge in [-0.05, 0) is 38.5 Å². The Hall–Kier alpha value is -0.310. The molecule has 2 aromatic rings. The molecule has 0 radical (unpaired) electrons. The van der Waals surface area contributed by atoms with Crippen molar-refractivity contribution in [3.63, 3.8) is 0 Å². The zero-order valence-corrected chi connectivity index (χ0v) is 11.4. The summed E-state index contributed by atoms with van der Waals surface area (Å²) in [5, 5.41) is 0.962. The molecular weight excluding hydrogens is 244 g/mol. The highest BCUT2D eigenvalue weighted by atomic mass is 35.5. The summed E-state index contributed by atoms with van der Waals surface area (Å²) in [6.07, 6.45) is 0.980. The number of rotatable bonds is 2. The van der Waals surface area contributed by atoms with E-state index in [-0.39, 0.29) is 0 Å². The lowest BCUT2D eigenvalue weighted by atomic mass is 10.1. The summed E-state index contributed by atoms with van der Waals surface area (Å²) in [4.78, 5) is 5.35. The summed E-state index contributed by atoms with van der Waals surface area (Å²) in [6.45, 7) is 6.38. The molecule has 2 rings (SSSR count). The Bertz CT molecular complexity index is 480. The third kappa shape index (κ3) is 2.27. The predicted octanol–water partition coefficient (Wildman–Crippen LogP) is 4.98. The molecular formula is C12H13ClS2. The molecule has 0 aromatic carbocycles. The van der Waals surface area contributed by atoms with E-state index in [0.717, 1.165) is 11.4 Å². The largest absolute Gasteiger partial charge is 0.145 e. The van der Waals surface area contributed by atoms with Gasteiger partial charge in [0.25, 0.3) is 0 Å². The van der Waals surface area contributed by atoms with Crippen LogP contribution in [0.15, 0.2) is 12.1 Å². The van der Waals surface area contributed by atoms with E-state index in [1.165, 1.54) is 25.1 Å². The number of hydrogen-bond donors (Lipinski definition) is 0. The van der Waals surface area contributed by atoms with Crippen LogP contribution in [0.3, 0.4) is 0 Å². The maximum atomic E-state index is 6.29. The summed E-state index contributed by atoms with van der Waals surface area (Å²) in [5.74, 6) is 0. The summed E-state index contributed by atoms with van der Waals surface area (Å²) < 4.78 is 0. The minimum atomic E-state index is 0.962. The molecule has 0 fully saturated rings. The lowest BCUT2D eigenvalue weighted by Gasteiger charge is -1.98. The summed E-state index contributed by atoms with van der Waals surface area (Å²) in [5.41, 5.74) is 1.31. The van der Waals surface area contributed by atoms with Crippen LogP contribution < -0.4 is 0 Å². The molecule has 0 saturated carbocycles. The second-order valence-electron chi connectivity index (χ2n) is 3.70. The minimum absolute atomic E-state index is 0.962. The van der Waals surface area contributed by atoms with Gasteiger partial charge in [-0.15, -0.1) is 22.7 Å². The van der Waals surface area contributed by atoms with E-state index >= 15 is 0 Å². The monoisotopic (exact) mass is 256 g/mol. The first-order chi connectivity index (χ1) is 7.08. The van der Waals surface area contributed by atoms with Gasteiger partial charge >= 0.3 is 0 Å². The fraction of sp³-hybridized carbons (Fsp3) is 0.333. The van der Waals surface area contributed by atoms with Crippen LogP contribution >= 0.6 is 34.3 Å². The van der Waals surface area contributed by atoms with Gasteiger partial charge in [-0.1, -0.05) is 11.6 Å². The number of aryl methyl sites for hydroxylation is 3. The third-order valence-corrected chi connectivity index (χ3v) is 5.14. The van der Waals surface area contributed by atoms with Crippen molar-refractivity contribution < 1.29 is 0 Å². The van der Waals surface area contributed by atoms with Crippen LogP contribution in [0, 0.1) is 20.8 Å². The van der Waals surface area contributed by atoms with Crippen LogP contribution in [0.25, 0.3) is 0 Å². The Labute approximate surface area is 104 Å². The standard InChI is InChI=1S/C12H13ClS2/c1-7-4-5-10(14-7)6-11-8(2)15-9(3)12(11)13/h4-5H,6H2,1-3H3. The maximum Gasteiger partial charge on any atom is 0.0580 e. The van der Waals surface area contributed by atoms with E-state index in [1.807, 2.05) is 11.3 Å². The molecule has 0 unspecified atom stereocenters. The fourth-order valence-electron chi connectivity index (χ4n) is 1.66. The fourth-order valence-corrected chi connectivity index (χ4v) is 3.91. The van der Waals surface area contributed by atoms with Crippen LogP contribution in [-0.2, 0) is 6.42 Å². The zero-order chi connectivity index (χ0) is 11.0. The van der Waals surface area contributed by atoms with Crippen LogP contribution in [0.1, 0.15) is 25.1 Å². The van der Waals surface area contributed by atoms with Gasteiger partial charge in [-0.3, -0.25) is 0 Å². The SMILES string of the molecule is Cc1ccc(Cc2c(C)sc(C)c2Cl)s1. The highest BCUT2D eigenvalue weighted by Gasteiger charge is 2.12. The average molecular weight is 257 g/mol. The topological polar surface area (TPSA) is 0 Å². The first kappa shape index (κ1) is 11.2. The van der Waals surface area contributed by atoms with E-state index in [0.29, 0.717) is 0 Å². The van der Waals surface area contributed by atoms with Gasteiger partial charge in [0, 0.05) is 25.9 Å². The van der Waals surface area contributed by atoms with Crippen molar-refractivity contribution in [1.29, 1.82) is 0 Å². The minimum Gasteiger partial charge on any atom is -0.145 e. The quantitative estimate of drug-likeness (QED) is 0.711. The molecule has 0 bridgehead atoms. The molecule has 0 aliphatic carbocycles. The van der Waals surface area contributed by atoms with Crippen LogP contribution in [0.2, 0.25) is 5.02 Å². The molecule has 0 atom stereocenters. The highest BCUT2D eigenvalue weighted by molar-refractivity contribution is 7.13. The summed E-state index contributed by atoms with van der Waals surface area (Å²) >= 11 is 9.94. The van der Waals surface area contributed by atoms with Crippen molar-refractivity contribution in [2.75, 3.05) is 0 Å². The third-order valence-electron chi connectivity index (χ3n) is 2.45. The van der Waals surface area contributed by atoms with Gasteiger partial charge in [-0.25, -0.2) is 0 Å². The van der Waals surface area contributed by atoms with Crippen molar-refractivity contribution in [3.8, 4) is 0 Å². The van der Waals surface area contributed by atoms with Crippen molar-refractivity contribution in [2.24, 2.45) is 0 Å². The van der Waals surface area contributed by atoms with Crippen LogP contribution in [-0.4, -0.2) is 0 Å². The predicted molar refractivity (Wildman–Crippen MR) is 70.7 cm³/mol. The molecule has 0 amide bonds. The van der Waals surface area contributed by atoms with Gasteiger partial charge < -0.3 is 0 Å². The van der Waals surface area contributed by atoms with Gasteiger partial charge in [0.05, 0.1) is 5.02 Å². The molecule has 0 spiro atoms. The van der Waals surface area contributed by atoms with Crippen molar-refractivity contribution in [2.45, 2.75) is 27.2 Å². The maximum absolute atomic E-state index is 6.29. The van der Waals surface area contributed by atoms with Gasteiger partial charge in [-0.2, -0.15) is 0 Å². The second-order valence-corrected chi connectivity index (χ2v) is 6.88. The molecule has 2 heterocycles. The van der Waals surface area contributed by atoms with E-state index in [2.05, 4.69) is 32.9 Å². The molecule has 2 aromatic heterocycles. The van der Waals surface area contributed by atoms with E-state index in [1.54, 1.807) is 11.3 Å². The summed E-state index contributed by atoms with van der Waals surface area (Å²) in [6, 6.07) is 4.37. The molecule has 0 aliphatic heterocycles. The van der Waals surface area contributed by atoms with Gasteiger partial charge in [0.15, 0.2) is 0 Å². The first-order valence-corrected chi connectivity index (χ1v) is 6.88. The number of thiophene rings is 2. The molecule has 0 aliphatic rings. The van der Waals surface area contributed by atoms with Gasteiger partial charge in [0.2, 0.25) is 0 Å². The smallest absolute Gasteiger partial charge is 0.0580 e. The Balaban J connectivity index is 2.31. The normalized spacial score (nSPS) is 10.9. The molecule has 0 saturated heterocycles. The van der Waals surface area contributed by atoms with Crippen LogP contribution in [0.5, 0.6) is 0 Å². The zero-order valence-electron chi connectivity index (χ0n) is 9.06. The number of halogens is 1. The van der Waals surface area contributed by atoms with Crippen molar-refractivity contribution >= 4 is 34.3 Å². The lowest BCUT2D eigenvalue weighted by molar-refractivity contribution is 1.23. The molecule has 0 N–H and O–H groups in total. The van der Waals surface area contributed by atoms with Crippen LogP contribution in [0.4, 0.5) is 0 Å². The molecule has 0 nitrogen and oxygen atoms in total. The van der Waals surface area contributed by atoms with E-state index in [9.17, 15) is 0 Å². The Morgan fingerprint density at radius 1 is 1.07 bits per heavy atom. The molecule has 80 valence electrons. The Kier molecular flexibility index (Phi) is 3.19. The highest BCUT2D eigenvalue weighted by Crippen LogP contribution is 2.34. The lowest BCUT2D eigenvalue weighted by Crippen LogP contribution is -1.85. The van der Waals surface area contributed by atoms with Gasteiger partial charge in [0.1, 0.15) is 0 Å². The second kappa shape index (κ2) is 4.28. The first-order valence-electron chi connectivity index (χ1n) is 4.87. The molecule has 3 heteroatoms. The summed E-state index contributed by atoms with van der Waals surface area (Å²) in [7, 11) is 0.